The van der Waals surface area contributed by atoms with E-state index in [1.165, 1.54) is 16.8 Å². The first-order valence-electron chi connectivity index (χ1n) is 10.8. The first-order valence-corrected chi connectivity index (χ1v) is 11.6. The normalized spacial score (nSPS) is 16.6. The second-order valence-electron chi connectivity index (χ2n) is 8.04. The summed E-state index contributed by atoms with van der Waals surface area (Å²) in [4.78, 5) is 17.1. The van der Waals surface area contributed by atoms with Gasteiger partial charge in [0.1, 0.15) is 10.8 Å². The van der Waals surface area contributed by atoms with Gasteiger partial charge in [-0.05, 0) is 61.0 Å². The van der Waals surface area contributed by atoms with Gasteiger partial charge in [-0.15, -0.1) is 0 Å². The lowest BCUT2D eigenvalue weighted by molar-refractivity contribution is -0.114. The largest absolute Gasteiger partial charge is 0.497 e. The van der Waals surface area contributed by atoms with Crippen LogP contribution in [0, 0.1) is 19.3 Å². The van der Waals surface area contributed by atoms with Gasteiger partial charge in [0, 0.05) is 29.6 Å². The molecule has 2 aliphatic heterocycles. The molecule has 3 heterocycles. The number of amides is 1. The Morgan fingerprint density at radius 1 is 1.09 bits per heavy atom. The monoisotopic (exact) mass is 469 g/mol. The summed E-state index contributed by atoms with van der Waals surface area (Å²) in [5, 5.41) is 15.9. The lowest BCUT2D eigenvalue weighted by atomic mass is 10.1. The fourth-order valence-electron chi connectivity index (χ4n) is 4.11. The van der Waals surface area contributed by atoms with Gasteiger partial charge in [0.05, 0.1) is 12.7 Å². The number of amidine groups is 2. The van der Waals surface area contributed by atoms with Crippen LogP contribution in [0.5, 0.6) is 5.75 Å². The fraction of sp³-hybridized carbons (Fsp3) is 0.154. The average molecular weight is 470 g/mol. The van der Waals surface area contributed by atoms with E-state index in [0.717, 1.165) is 39.0 Å². The number of carbonyl (C=O) groups is 1. The summed E-state index contributed by atoms with van der Waals surface area (Å²) in [6.45, 7) is 4.00. The molecule has 7 nitrogen and oxygen atoms in total. The quantitative estimate of drug-likeness (QED) is 0.535. The minimum Gasteiger partial charge on any atom is -0.497 e. The minimum atomic E-state index is -0.425. The maximum atomic E-state index is 12.9. The summed E-state index contributed by atoms with van der Waals surface area (Å²) >= 11 is 1.34. The Morgan fingerprint density at radius 3 is 2.65 bits per heavy atom. The average Bonchev–Trinajstić information content (AvgIpc) is 3.36. The van der Waals surface area contributed by atoms with Crippen molar-refractivity contribution in [3.63, 3.8) is 0 Å². The highest BCUT2D eigenvalue weighted by molar-refractivity contribution is 8.26. The third-order valence-electron chi connectivity index (χ3n) is 5.78. The van der Waals surface area contributed by atoms with E-state index in [1.54, 1.807) is 13.2 Å². The van der Waals surface area contributed by atoms with Gasteiger partial charge in [-0.2, -0.15) is 15.1 Å². The molecule has 0 spiro atoms. The molecule has 0 saturated heterocycles. The molecule has 0 radical (unpaired) electrons. The Labute approximate surface area is 202 Å². The van der Waals surface area contributed by atoms with Crippen LogP contribution in [0.25, 0.3) is 11.8 Å². The van der Waals surface area contributed by atoms with Crippen molar-refractivity contribution < 1.29 is 9.53 Å². The number of thioether (sulfide) groups is 1. The van der Waals surface area contributed by atoms with Crippen LogP contribution in [-0.2, 0) is 11.2 Å². The molecule has 1 aromatic heterocycles. The Morgan fingerprint density at radius 2 is 1.88 bits per heavy atom. The number of fused-ring (bicyclic) bond motifs is 1. The number of ether oxygens (including phenoxy) is 1. The van der Waals surface area contributed by atoms with Crippen LogP contribution in [0.4, 0.5) is 0 Å². The summed E-state index contributed by atoms with van der Waals surface area (Å²) in [7, 11) is 1.64. The molecular weight excluding hydrogens is 446 g/mol. The molecule has 34 heavy (non-hydrogen) atoms. The molecule has 8 heteroatoms. The van der Waals surface area contributed by atoms with Crippen LogP contribution in [0.3, 0.4) is 0 Å². The molecular formula is C26H23N5O2S. The summed E-state index contributed by atoms with van der Waals surface area (Å²) < 4.78 is 7.47. The first-order chi connectivity index (χ1) is 16.4. The van der Waals surface area contributed by atoms with E-state index in [9.17, 15) is 4.79 Å². The molecule has 0 aliphatic carbocycles. The zero-order valence-electron chi connectivity index (χ0n) is 19.1. The molecule has 5 rings (SSSR count). The van der Waals surface area contributed by atoms with Gasteiger partial charge < -0.3 is 9.30 Å². The number of benzene rings is 2. The number of aryl methyl sites for hydroxylation is 1. The Bertz CT molecular complexity index is 1400. The number of hydrogen-bond donors (Lipinski definition) is 1. The van der Waals surface area contributed by atoms with E-state index in [0.29, 0.717) is 11.6 Å². The van der Waals surface area contributed by atoms with Gasteiger partial charge in [-0.3, -0.25) is 10.2 Å². The van der Waals surface area contributed by atoms with Crippen molar-refractivity contribution in [2.24, 2.45) is 10.1 Å². The number of aliphatic imine (C=N–C) groups is 1. The van der Waals surface area contributed by atoms with Crippen LogP contribution in [0.15, 0.2) is 76.3 Å². The molecule has 2 aromatic carbocycles. The van der Waals surface area contributed by atoms with Crippen molar-refractivity contribution in [2.45, 2.75) is 20.3 Å². The standard InChI is InChI=1S/C26H23N5O2S/c1-16-12-19(17(2)30(16)20-10-7-11-21(15-20)33-3)14-22-24(27)31-26(28-25(22)32)34-23(29-31)13-18-8-5-4-6-9-18/h4-12,14-15,27H,13H2,1-3H3/b22-14+,27-24?. The third kappa shape index (κ3) is 3.97. The predicted molar refractivity (Wildman–Crippen MR) is 137 cm³/mol. The van der Waals surface area contributed by atoms with E-state index in [1.807, 2.05) is 74.5 Å². The molecule has 0 saturated carbocycles. The van der Waals surface area contributed by atoms with Crippen LogP contribution < -0.4 is 4.74 Å². The highest BCUT2D eigenvalue weighted by Gasteiger charge is 2.35. The third-order valence-corrected chi connectivity index (χ3v) is 6.68. The van der Waals surface area contributed by atoms with Crippen LogP contribution in [-0.4, -0.2) is 38.6 Å². The van der Waals surface area contributed by atoms with E-state index in [2.05, 4.69) is 14.7 Å². The summed E-state index contributed by atoms with van der Waals surface area (Å²) in [5.41, 5.74) is 5.13. The van der Waals surface area contributed by atoms with Gasteiger partial charge in [0.2, 0.25) is 5.17 Å². The molecule has 0 atom stereocenters. The smallest absolute Gasteiger partial charge is 0.283 e. The number of nitrogens with one attached hydrogen (secondary N) is 1. The first kappa shape index (κ1) is 21.9. The Hall–Kier alpha value is -3.91. The van der Waals surface area contributed by atoms with Crippen molar-refractivity contribution in [3.05, 3.63) is 88.8 Å². The van der Waals surface area contributed by atoms with Crippen LogP contribution in [0.2, 0.25) is 0 Å². The number of rotatable bonds is 5. The van der Waals surface area contributed by atoms with E-state index < -0.39 is 5.91 Å². The SMILES string of the molecule is COc1cccc(-n2c(C)cc(/C=C3\C(=N)N4N=C(Cc5ccccc5)SC4=NC3=O)c2C)c1. The number of nitrogens with zero attached hydrogens (tertiary/aromatic N) is 4. The molecule has 0 bridgehead atoms. The minimum absolute atomic E-state index is 0.0387. The lowest BCUT2D eigenvalue weighted by Crippen LogP contribution is -2.35. The van der Waals surface area contributed by atoms with Gasteiger partial charge in [0.15, 0.2) is 5.84 Å². The highest BCUT2D eigenvalue weighted by Crippen LogP contribution is 2.31. The van der Waals surface area contributed by atoms with Crippen molar-refractivity contribution in [2.75, 3.05) is 7.11 Å². The predicted octanol–water partition coefficient (Wildman–Crippen LogP) is 4.96. The maximum Gasteiger partial charge on any atom is 0.283 e. The number of methoxy groups -OCH3 is 1. The van der Waals surface area contributed by atoms with Crippen LogP contribution >= 0.6 is 11.8 Å². The van der Waals surface area contributed by atoms with E-state index in [4.69, 9.17) is 10.1 Å². The van der Waals surface area contributed by atoms with Gasteiger partial charge in [-0.1, -0.05) is 36.4 Å². The van der Waals surface area contributed by atoms with E-state index in [-0.39, 0.29) is 11.4 Å². The van der Waals surface area contributed by atoms with Crippen molar-refractivity contribution in [1.29, 1.82) is 5.41 Å². The number of aromatic nitrogens is 1. The summed E-state index contributed by atoms with van der Waals surface area (Å²) in [6, 6.07) is 19.8. The van der Waals surface area contributed by atoms with Crippen molar-refractivity contribution in [1.82, 2.24) is 9.58 Å². The molecule has 0 unspecified atom stereocenters. The van der Waals surface area contributed by atoms with E-state index >= 15 is 0 Å². The molecule has 170 valence electrons. The number of hydrogen-bond acceptors (Lipinski definition) is 5. The topological polar surface area (TPSA) is 83.0 Å². The zero-order chi connectivity index (χ0) is 23.8. The summed E-state index contributed by atoms with van der Waals surface area (Å²) in [6.07, 6.45) is 2.36. The summed E-state index contributed by atoms with van der Waals surface area (Å²) in [5.74, 6) is 0.384. The molecule has 2 aliphatic rings. The molecule has 0 fully saturated rings. The van der Waals surface area contributed by atoms with Gasteiger partial charge in [-0.25, -0.2) is 0 Å². The van der Waals surface area contributed by atoms with Crippen LogP contribution in [0.1, 0.15) is 22.5 Å². The molecule has 1 N–H and O–H groups in total. The fourth-order valence-corrected chi connectivity index (χ4v) is 5.03. The van der Waals surface area contributed by atoms with Gasteiger partial charge >= 0.3 is 0 Å². The highest BCUT2D eigenvalue weighted by atomic mass is 32.2. The second-order valence-corrected chi connectivity index (χ2v) is 9.08. The lowest BCUT2D eigenvalue weighted by Gasteiger charge is -2.20. The molecule has 1 amide bonds. The molecule has 3 aromatic rings. The zero-order valence-corrected chi connectivity index (χ0v) is 19.9. The number of hydrazone groups is 1. The maximum absolute atomic E-state index is 12.9. The Kier molecular flexibility index (Phi) is 5.67. The second kappa shape index (κ2) is 8.79. The Balaban J connectivity index is 1.46. The van der Waals surface area contributed by atoms with Gasteiger partial charge in [0.25, 0.3) is 5.91 Å². The van der Waals surface area contributed by atoms with Crippen molar-refractivity contribution >= 4 is 39.8 Å². The number of carbonyl (C=O) groups excluding carboxylic acids is 1. The van der Waals surface area contributed by atoms with Crippen molar-refractivity contribution in [3.8, 4) is 11.4 Å².